The fraction of sp³-hybridized carbons (Fsp3) is 0.455. The van der Waals surface area contributed by atoms with Crippen LogP contribution in [0, 0.1) is 11.8 Å². The molecule has 0 bridgehead atoms. The molecule has 1 heterocycles. The summed E-state index contributed by atoms with van der Waals surface area (Å²) in [6.07, 6.45) is 4.92. The molecular weight excluding hydrogens is 294 g/mol. The van der Waals surface area contributed by atoms with Crippen molar-refractivity contribution in [1.29, 1.82) is 0 Å². The van der Waals surface area contributed by atoms with E-state index in [0.717, 1.165) is 37.6 Å². The van der Waals surface area contributed by atoms with E-state index in [2.05, 4.69) is 54.7 Å². The molecule has 0 amide bonds. The lowest BCUT2D eigenvalue weighted by atomic mass is 9.82. The van der Waals surface area contributed by atoms with Crippen LogP contribution < -0.4 is 10.1 Å². The van der Waals surface area contributed by atoms with E-state index in [-0.39, 0.29) is 6.10 Å². The Morgan fingerprint density at radius 3 is 2.25 bits per heavy atom. The standard InChI is InChI=1S/C22H29NO/c1-18(20-12-14-23-15-13-20)16-22(17-19-8-4-2-5-9-19)24-21-10-6-3-7-11-21/h2-11,18,20,22-23H,12-17H2,1H3. The normalized spacial score (nSPS) is 18.0. The first-order valence-corrected chi connectivity index (χ1v) is 9.27. The number of hydrogen-bond acceptors (Lipinski definition) is 2. The summed E-state index contributed by atoms with van der Waals surface area (Å²) in [5.41, 5.74) is 1.36. The average molecular weight is 323 g/mol. The first kappa shape index (κ1) is 17.0. The van der Waals surface area contributed by atoms with Gasteiger partial charge in [0, 0.05) is 6.42 Å². The van der Waals surface area contributed by atoms with E-state index >= 15 is 0 Å². The molecule has 1 N–H and O–H groups in total. The third-order valence-electron chi connectivity index (χ3n) is 5.18. The summed E-state index contributed by atoms with van der Waals surface area (Å²) in [4.78, 5) is 0. The van der Waals surface area contributed by atoms with Crippen LogP contribution in [-0.2, 0) is 6.42 Å². The zero-order valence-electron chi connectivity index (χ0n) is 14.7. The van der Waals surface area contributed by atoms with E-state index in [1.165, 1.54) is 18.4 Å². The van der Waals surface area contributed by atoms with Crippen molar-refractivity contribution in [2.45, 2.75) is 38.7 Å². The molecule has 0 spiro atoms. The van der Waals surface area contributed by atoms with Crippen molar-refractivity contribution >= 4 is 0 Å². The second-order valence-electron chi connectivity index (χ2n) is 7.04. The minimum Gasteiger partial charge on any atom is -0.490 e. The Labute approximate surface area is 146 Å². The molecule has 0 radical (unpaired) electrons. The van der Waals surface area contributed by atoms with Gasteiger partial charge in [-0.1, -0.05) is 55.5 Å². The lowest BCUT2D eigenvalue weighted by Gasteiger charge is -2.31. The highest BCUT2D eigenvalue weighted by molar-refractivity contribution is 5.22. The molecule has 3 rings (SSSR count). The minimum absolute atomic E-state index is 0.236. The summed E-state index contributed by atoms with van der Waals surface area (Å²) in [6, 6.07) is 21.0. The molecule has 2 unspecified atom stereocenters. The summed E-state index contributed by atoms with van der Waals surface area (Å²) in [5.74, 6) is 2.50. The van der Waals surface area contributed by atoms with Crippen molar-refractivity contribution in [3.8, 4) is 5.75 Å². The number of para-hydroxylation sites is 1. The lowest BCUT2D eigenvalue weighted by Crippen LogP contribution is -2.33. The van der Waals surface area contributed by atoms with Crippen LogP contribution in [-0.4, -0.2) is 19.2 Å². The van der Waals surface area contributed by atoms with E-state index in [1.54, 1.807) is 0 Å². The molecule has 1 aliphatic rings. The Balaban J connectivity index is 1.66. The molecule has 128 valence electrons. The topological polar surface area (TPSA) is 21.3 Å². The molecular formula is C22H29NO. The molecule has 0 aromatic heterocycles. The van der Waals surface area contributed by atoms with Crippen molar-refractivity contribution in [3.63, 3.8) is 0 Å². The fourth-order valence-electron chi connectivity index (χ4n) is 3.76. The fourth-order valence-corrected chi connectivity index (χ4v) is 3.76. The monoisotopic (exact) mass is 323 g/mol. The quantitative estimate of drug-likeness (QED) is 0.797. The van der Waals surface area contributed by atoms with Crippen molar-refractivity contribution in [2.24, 2.45) is 11.8 Å². The molecule has 0 aliphatic carbocycles. The minimum atomic E-state index is 0.236. The summed E-state index contributed by atoms with van der Waals surface area (Å²) in [5, 5.41) is 3.47. The predicted molar refractivity (Wildman–Crippen MR) is 100 cm³/mol. The molecule has 2 atom stereocenters. The molecule has 24 heavy (non-hydrogen) atoms. The second kappa shape index (κ2) is 8.89. The zero-order chi connectivity index (χ0) is 16.6. The van der Waals surface area contributed by atoms with Crippen molar-refractivity contribution in [2.75, 3.05) is 13.1 Å². The first-order valence-electron chi connectivity index (χ1n) is 9.27. The maximum atomic E-state index is 6.36. The van der Waals surface area contributed by atoms with Crippen molar-refractivity contribution in [3.05, 3.63) is 66.2 Å². The third-order valence-corrected chi connectivity index (χ3v) is 5.18. The number of piperidine rings is 1. The van der Waals surface area contributed by atoms with Crippen LogP contribution in [0.15, 0.2) is 60.7 Å². The van der Waals surface area contributed by atoms with E-state index in [0.29, 0.717) is 5.92 Å². The van der Waals surface area contributed by atoms with Crippen LogP contribution in [0.4, 0.5) is 0 Å². The first-order chi connectivity index (χ1) is 11.8. The predicted octanol–water partition coefficient (Wildman–Crippen LogP) is 4.70. The Kier molecular flexibility index (Phi) is 6.31. The zero-order valence-corrected chi connectivity index (χ0v) is 14.7. The number of ether oxygens (including phenoxy) is 1. The molecule has 2 aromatic rings. The number of nitrogens with one attached hydrogen (secondary N) is 1. The summed E-state index contributed by atoms with van der Waals surface area (Å²) in [6.45, 7) is 4.73. The highest BCUT2D eigenvalue weighted by Gasteiger charge is 2.24. The second-order valence-corrected chi connectivity index (χ2v) is 7.04. The molecule has 1 fully saturated rings. The van der Waals surface area contributed by atoms with Gasteiger partial charge >= 0.3 is 0 Å². The van der Waals surface area contributed by atoms with Gasteiger partial charge in [0.15, 0.2) is 0 Å². The lowest BCUT2D eigenvalue weighted by molar-refractivity contribution is 0.141. The molecule has 1 aliphatic heterocycles. The van der Waals surface area contributed by atoms with Crippen molar-refractivity contribution in [1.82, 2.24) is 5.32 Å². The summed E-state index contributed by atoms with van der Waals surface area (Å²) in [7, 11) is 0. The maximum Gasteiger partial charge on any atom is 0.119 e. The smallest absolute Gasteiger partial charge is 0.119 e. The van der Waals surface area contributed by atoms with Gasteiger partial charge in [-0.25, -0.2) is 0 Å². The van der Waals surface area contributed by atoms with Crippen LogP contribution in [0.5, 0.6) is 5.75 Å². The van der Waals surface area contributed by atoms with Gasteiger partial charge in [0.05, 0.1) is 0 Å². The van der Waals surface area contributed by atoms with Gasteiger partial charge < -0.3 is 10.1 Å². The van der Waals surface area contributed by atoms with Gasteiger partial charge in [0.25, 0.3) is 0 Å². The van der Waals surface area contributed by atoms with Crippen LogP contribution >= 0.6 is 0 Å². The Bertz CT molecular complexity index is 536. The molecule has 2 nitrogen and oxygen atoms in total. The third kappa shape index (κ3) is 5.10. The molecule has 0 saturated carbocycles. The van der Waals surface area contributed by atoms with E-state index < -0.39 is 0 Å². The Hall–Kier alpha value is -1.80. The van der Waals surface area contributed by atoms with Gasteiger partial charge in [0.1, 0.15) is 11.9 Å². The van der Waals surface area contributed by atoms with Crippen LogP contribution in [0.25, 0.3) is 0 Å². The van der Waals surface area contributed by atoms with Crippen molar-refractivity contribution < 1.29 is 4.74 Å². The highest BCUT2D eigenvalue weighted by atomic mass is 16.5. The van der Waals surface area contributed by atoms with E-state index in [4.69, 9.17) is 4.74 Å². The van der Waals surface area contributed by atoms with Crippen LogP contribution in [0.1, 0.15) is 31.7 Å². The highest BCUT2D eigenvalue weighted by Crippen LogP contribution is 2.28. The number of rotatable bonds is 7. The van der Waals surface area contributed by atoms with Gasteiger partial charge in [-0.2, -0.15) is 0 Å². The molecule has 2 aromatic carbocycles. The Morgan fingerprint density at radius 2 is 1.58 bits per heavy atom. The largest absolute Gasteiger partial charge is 0.490 e. The maximum absolute atomic E-state index is 6.36. The number of benzene rings is 2. The van der Waals surface area contributed by atoms with E-state index in [9.17, 15) is 0 Å². The SMILES string of the molecule is CC(CC(Cc1ccccc1)Oc1ccccc1)C1CCNCC1. The van der Waals surface area contributed by atoms with Gasteiger partial charge in [-0.15, -0.1) is 0 Å². The molecule has 1 saturated heterocycles. The van der Waals surface area contributed by atoms with Crippen LogP contribution in [0.3, 0.4) is 0 Å². The van der Waals surface area contributed by atoms with Gasteiger partial charge in [0.2, 0.25) is 0 Å². The Morgan fingerprint density at radius 1 is 0.958 bits per heavy atom. The number of hydrogen-bond donors (Lipinski definition) is 1. The molecule has 2 heteroatoms. The van der Waals surface area contributed by atoms with Crippen LogP contribution in [0.2, 0.25) is 0 Å². The van der Waals surface area contributed by atoms with E-state index in [1.807, 2.05) is 18.2 Å². The average Bonchev–Trinajstić information content (AvgIpc) is 2.64. The summed E-state index contributed by atoms with van der Waals surface area (Å²) < 4.78 is 6.36. The van der Waals surface area contributed by atoms with Gasteiger partial charge in [-0.3, -0.25) is 0 Å². The van der Waals surface area contributed by atoms with Gasteiger partial charge in [-0.05, 0) is 61.9 Å². The summed E-state index contributed by atoms with van der Waals surface area (Å²) >= 11 is 0.